The normalized spacial score (nSPS) is 15.4. The Balaban J connectivity index is 1.52. The minimum atomic E-state index is -0.664. The summed E-state index contributed by atoms with van der Waals surface area (Å²) < 4.78 is 18.1. The monoisotopic (exact) mass is 370 g/mol. The zero-order valence-electron chi connectivity index (χ0n) is 14.6. The van der Waals surface area contributed by atoms with E-state index >= 15 is 0 Å². The van der Waals surface area contributed by atoms with Crippen molar-refractivity contribution in [3.8, 4) is 11.5 Å². The van der Waals surface area contributed by atoms with Gasteiger partial charge in [-0.1, -0.05) is 0 Å². The first-order valence-electron chi connectivity index (χ1n) is 8.81. The second-order valence-electron chi connectivity index (χ2n) is 6.77. The van der Waals surface area contributed by atoms with E-state index in [1.165, 1.54) is 29.2 Å². The van der Waals surface area contributed by atoms with Crippen molar-refractivity contribution in [3.05, 3.63) is 64.3 Å². The molecule has 140 valence electrons. The molecule has 0 aliphatic carbocycles. The lowest BCUT2D eigenvalue weighted by atomic mass is 10.1. The molecule has 0 spiro atoms. The molecule has 0 amide bonds. The predicted octanol–water partition coefficient (Wildman–Crippen LogP) is 0.616. The number of hydrogen-bond acceptors (Lipinski definition) is 5. The molecule has 0 saturated carbocycles. The van der Waals surface area contributed by atoms with E-state index in [0.717, 1.165) is 37.4 Å². The maximum atomic E-state index is 13.1. The van der Waals surface area contributed by atoms with Gasteiger partial charge in [0.25, 0.3) is 0 Å². The first kappa shape index (κ1) is 17.4. The van der Waals surface area contributed by atoms with Gasteiger partial charge in [-0.15, -0.1) is 0 Å². The Morgan fingerprint density at radius 3 is 2.56 bits per heavy atom. The number of phenolic OH excluding ortho intramolecular Hbond substituents is 1. The second kappa shape index (κ2) is 6.92. The highest BCUT2D eigenvalue weighted by Crippen LogP contribution is 2.31. The van der Waals surface area contributed by atoms with Crippen molar-refractivity contribution in [2.75, 3.05) is 31.1 Å². The van der Waals surface area contributed by atoms with Gasteiger partial charge in [-0.2, -0.15) is 0 Å². The SMILES string of the molecule is O=c1cc(C[NH+]2CCN(c3ccc(F)cc3)CC2)c2ccc(O)c([O-])c2o1. The van der Waals surface area contributed by atoms with Crippen molar-refractivity contribution in [3.63, 3.8) is 0 Å². The third-order valence-electron chi connectivity index (χ3n) is 5.03. The lowest BCUT2D eigenvalue weighted by Crippen LogP contribution is -3.13. The van der Waals surface area contributed by atoms with Crippen LogP contribution in [0, 0.1) is 5.82 Å². The van der Waals surface area contributed by atoms with E-state index < -0.39 is 17.1 Å². The first-order valence-corrected chi connectivity index (χ1v) is 8.81. The van der Waals surface area contributed by atoms with Crippen molar-refractivity contribution in [1.82, 2.24) is 0 Å². The van der Waals surface area contributed by atoms with Crippen molar-refractivity contribution in [1.29, 1.82) is 0 Å². The number of rotatable bonds is 3. The summed E-state index contributed by atoms with van der Waals surface area (Å²) in [7, 11) is 0. The Kier molecular flexibility index (Phi) is 4.45. The lowest BCUT2D eigenvalue weighted by Gasteiger charge is -2.33. The van der Waals surface area contributed by atoms with Crippen LogP contribution < -0.4 is 20.5 Å². The van der Waals surface area contributed by atoms with Crippen LogP contribution in [0.15, 0.2) is 51.7 Å². The smallest absolute Gasteiger partial charge is 0.336 e. The van der Waals surface area contributed by atoms with Crippen LogP contribution in [0.3, 0.4) is 0 Å². The van der Waals surface area contributed by atoms with Gasteiger partial charge in [-0.25, -0.2) is 9.18 Å². The van der Waals surface area contributed by atoms with Gasteiger partial charge in [0.2, 0.25) is 0 Å². The zero-order chi connectivity index (χ0) is 19.0. The zero-order valence-corrected chi connectivity index (χ0v) is 14.6. The molecule has 0 radical (unpaired) electrons. The number of benzene rings is 2. The van der Waals surface area contributed by atoms with E-state index in [1.54, 1.807) is 18.2 Å². The van der Waals surface area contributed by atoms with Crippen LogP contribution in [0.1, 0.15) is 5.56 Å². The van der Waals surface area contributed by atoms with E-state index in [9.17, 15) is 19.4 Å². The van der Waals surface area contributed by atoms with Gasteiger partial charge in [0.05, 0.1) is 26.2 Å². The van der Waals surface area contributed by atoms with Gasteiger partial charge in [0.15, 0.2) is 0 Å². The molecule has 1 saturated heterocycles. The highest BCUT2D eigenvalue weighted by molar-refractivity contribution is 5.87. The molecule has 6 nitrogen and oxygen atoms in total. The Labute approximate surface area is 154 Å². The molecular weight excluding hydrogens is 351 g/mol. The van der Waals surface area contributed by atoms with Gasteiger partial charge in [0, 0.05) is 22.7 Å². The van der Waals surface area contributed by atoms with Crippen molar-refractivity contribution < 1.29 is 23.9 Å². The first-order chi connectivity index (χ1) is 13.0. The molecule has 1 aliphatic heterocycles. The van der Waals surface area contributed by atoms with Crippen LogP contribution in [-0.4, -0.2) is 31.3 Å². The molecule has 1 fully saturated rings. The second-order valence-corrected chi connectivity index (χ2v) is 6.77. The van der Waals surface area contributed by atoms with Gasteiger partial charge in [-0.3, -0.25) is 0 Å². The maximum Gasteiger partial charge on any atom is 0.336 e. The average molecular weight is 370 g/mol. The summed E-state index contributed by atoms with van der Waals surface area (Å²) in [5.74, 6) is -1.34. The molecule has 7 heteroatoms. The number of quaternary nitrogens is 1. The average Bonchev–Trinajstić information content (AvgIpc) is 2.66. The highest BCUT2D eigenvalue weighted by Gasteiger charge is 2.22. The minimum Gasteiger partial charge on any atom is -0.867 e. The molecule has 0 atom stereocenters. The van der Waals surface area contributed by atoms with E-state index in [-0.39, 0.29) is 11.4 Å². The van der Waals surface area contributed by atoms with Crippen LogP contribution in [0.4, 0.5) is 10.1 Å². The molecule has 2 aromatic carbocycles. The number of fused-ring (bicyclic) bond motifs is 1. The molecule has 4 rings (SSSR count). The number of nitrogens with one attached hydrogen (secondary N) is 1. The standard InChI is InChI=1S/C20H19FN2O4/c21-14-1-3-15(4-2-14)23-9-7-22(8-10-23)12-13-11-18(25)27-20-16(13)5-6-17(24)19(20)26/h1-6,11,24,26H,7-10,12H2. The summed E-state index contributed by atoms with van der Waals surface area (Å²) >= 11 is 0. The number of anilines is 1. The third-order valence-corrected chi connectivity index (χ3v) is 5.03. The summed E-state index contributed by atoms with van der Waals surface area (Å²) in [6.45, 7) is 3.91. The van der Waals surface area contributed by atoms with E-state index in [2.05, 4.69) is 4.90 Å². The molecular formula is C20H19FN2O4. The van der Waals surface area contributed by atoms with Crippen LogP contribution in [0.5, 0.6) is 11.5 Å². The molecule has 0 bridgehead atoms. The molecule has 1 aliphatic rings. The Morgan fingerprint density at radius 2 is 1.85 bits per heavy atom. The summed E-state index contributed by atoms with van der Waals surface area (Å²) in [5.41, 5.74) is 1.04. The third kappa shape index (κ3) is 3.46. The number of nitrogens with zero attached hydrogens (tertiary/aromatic N) is 1. The molecule has 1 aromatic heterocycles. The fourth-order valence-corrected chi connectivity index (χ4v) is 3.58. The quantitative estimate of drug-likeness (QED) is 0.661. The molecule has 0 unspecified atom stereocenters. The Bertz CT molecular complexity index is 1020. The predicted molar refractivity (Wildman–Crippen MR) is 96.6 cm³/mol. The number of piperazine rings is 1. The number of halogens is 1. The van der Waals surface area contributed by atoms with Crippen molar-refractivity contribution >= 4 is 16.7 Å². The topological polar surface area (TPSA) is 81.2 Å². The largest absolute Gasteiger partial charge is 0.867 e. The maximum absolute atomic E-state index is 13.1. The Hall–Kier alpha value is -3.06. The Morgan fingerprint density at radius 1 is 1.15 bits per heavy atom. The number of hydrogen-bond donors (Lipinski definition) is 2. The molecule has 2 N–H and O–H groups in total. The van der Waals surface area contributed by atoms with Crippen LogP contribution in [0.2, 0.25) is 0 Å². The van der Waals surface area contributed by atoms with E-state index in [1.807, 2.05) is 0 Å². The lowest BCUT2D eigenvalue weighted by molar-refractivity contribution is -0.914. The van der Waals surface area contributed by atoms with Crippen molar-refractivity contribution in [2.24, 2.45) is 0 Å². The van der Waals surface area contributed by atoms with Gasteiger partial charge < -0.3 is 24.4 Å². The van der Waals surface area contributed by atoms with Gasteiger partial charge in [-0.05, 0) is 42.1 Å². The molecule has 2 heterocycles. The van der Waals surface area contributed by atoms with Crippen LogP contribution >= 0.6 is 0 Å². The summed E-state index contributed by atoms with van der Waals surface area (Å²) in [4.78, 5) is 15.3. The summed E-state index contributed by atoms with van der Waals surface area (Å²) in [5, 5.41) is 22.2. The molecule has 3 aromatic rings. The van der Waals surface area contributed by atoms with E-state index in [0.29, 0.717) is 11.9 Å². The minimum absolute atomic E-state index is 0.0955. The van der Waals surface area contributed by atoms with Gasteiger partial charge in [0.1, 0.15) is 23.7 Å². The van der Waals surface area contributed by atoms with Crippen LogP contribution in [-0.2, 0) is 6.54 Å². The fourth-order valence-electron chi connectivity index (χ4n) is 3.58. The van der Waals surface area contributed by atoms with Crippen LogP contribution in [0.25, 0.3) is 11.0 Å². The summed E-state index contributed by atoms with van der Waals surface area (Å²) in [6.07, 6.45) is 0. The number of aromatic hydroxyl groups is 1. The fraction of sp³-hybridized carbons (Fsp3) is 0.250. The van der Waals surface area contributed by atoms with Gasteiger partial charge >= 0.3 is 5.63 Å². The molecule has 27 heavy (non-hydrogen) atoms. The summed E-state index contributed by atoms with van der Waals surface area (Å²) in [6, 6.07) is 10.8. The van der Waals surface area contributed by atoms with E-state index in [4.69, 9.17) is 4.42 Å². The van der Waals surface area contributed by atoms with Crippen molar-refractivity contribution in [2.45, 2.75) is 6.54 Å². The number of phenols is 1. The highest BCUT2D eigenvalue weighted by atomic mass is 19.1.